The highest BCUT2D eigenvalue weighted by atomic mass is 16.2. The summed E-state index contributed by atoms with van der Waals surface area (Å²) in [6.07, 6.45) is 0. The molecule has 0 saturated carbocycles. The summed E-state index contributed by atoms with van der Waals surface area (Å²) in [5.41, 5.74) is -0.523. The Balaban J connectivity index is 2.74. The number of hydrogen-bond acceptors (Lipinski definition) is 3. The highest BCUT2D eigenvalue weighted by molar-refractivity contribution is 5.86. The van der Waals surface area contributed by atoms with E-state index in [2.05, 4.69) is 43.1 Å². The van der Waals surface area contributed by atoms with E-state index < -0.39 is 5.54 Å². The van der Waals surface area contributed by atoms with Crippen molar-refractivity contribution in [1.82, 2.24) is 15.1 Å². The van der Waals surface area contributed by atoms with E-state index in [0.29, 0.717) is 0 Å². The predicted octanol–water partition coefficient (Wildman–Crippen LogP) is 0.537. The Labute approximate surface area is 99.0 Å². The van der Waals surface area contributed by atoms with E-state index in [9.17, 15) is 4.79 Å². The van der Waals surface area contributed by atoms with Gasteiger partial charge in [0.15, 0.2) is 0 Å². The molecule has 0 aromatic carbocycles. The third kappa shape index (κ3) is 2.95. The zero-order valence-corrected chi connectivity index (χ0v) is 11.4. The first kappa shape index (κ1) is 13.5. The number of carbonyl (C=O) groups excluding carboxylic acids is 1. The molecule has 4 heteroatoms. The van der Waals surface area contributed by atoms with Gasteiger partial charge in [0.1, 0.15) is 0 Å². The van der Waals surface area contributed by atoms with Crippen LogP contribution in [0.2, 0.25) is 0 Å². The van der Waals surface area contributed by atoms with Crippen molar-refractivity contribution in [3.63, 3.8) is 0 Å². The van der Waals surface area contributed by atoms with Crippen molar-refractivity contribution in [2.75, 3.05) is 33.7 Å². The van der Waals surface area contributed by atoms with Crippen LogP contribution in [0.4, 0.5) is 0 Å². The van der Waals surface area contributed by atoms with Gasteiger partial charge in [0.05, 0.1) is 5.54 Å². The highest BCUT2D eigenvalue weighted by Crippen LogP contribution is 2.23. The SMILES string of the molecule is CN(C)CCN1CC(C)(C)NC(=O)C1(C)C. The van der Waals surface area contributed by atoms with Crippen molar-refractivity contribution in [3.8, 4) is 0 Å². The van der Waals surface area contributed by atoms with Gasteiger partial charge in [-0.1, -0.05) is 0 Å². The average Bonchev–Trinajstić information content (AvgIpc) is 2.08. The summed E-state index contributed by atoms with van der Waals surface area (Å²) in [4.78, 5) is 16.4. The molecule has 1 aliphatic heterocycles. The van der Waals surface area contributed by atoms with Crippen molar-refractivity contribution in [3.05, 3.63) is 0 Å². The van der Waals surface area contributed by atoms with Gasteiger partial charge in [-0.2, -0.15) is 0 Å². The lowest BCUT2D eigenvalue weighted by Gasteiger charge is -2.48. The van der Waals surface area contributed by atoms with Crippen LogP contribution < -0.4 is 5.32 Å². The minimum Gasteiger partial charge on any atom is -0.348 e. The fourth-order valence-electron chi connectivity index (χ4n) is 2.00. The molecule has 0 unspecified atom stereocenters. The van der Waals surface area contributed by atoms with Crippen LogP contribution in [0.5, 0.6) is 0 Å². The monoisotopic (exact) mass is 227 g/mol. The smallest absolute Gasteiger partial charge is 0.240 e. The molecule has 16 heavy (non-hydrogen) atoms. The number of nitrogens with one attached hydrogen (secondary N) is 1. The molecule has 94 valence electrons. The quantitative estimate of drug-likeness (QED) is 0.764. The van der Waals surface area contributed by atoms with Gasteiger partial charge in [-0.3, -0.25) is 9.69 Å². The Morgan fingerprint density at radius 1 is 1.31 bits per heavy atom. The van der Waals surface area contributed by atoms with Crippen molar-refractivity contribution in [1.29, 1.82) is 0 Å². The van der Waals surface area contributed by atoms with E-state index in [0.717, 1.165) is 19.6 Å². The van der Waals surface area contributed by atoms with Gasteiger partial charge >= 0.3 is 0 Å². The Morgan fingerprint density at radius 2 is 1.88 bits per heavy atom. The fourth-order valence-corrected chi connectivity index (χ4v) is 2.00. The number of likely N-dealkylation sites (N-methyl/N-ethyl adjacent to an activating group) is 1. The number of piperazine rings is 1. The normalized spacial score (nSPS) is 24.6. The van der Waals surface area contributed by atoms with E-state index in [1.165, 1.54) is 0 Å². The third-order valence-corrected chi connectivity index (χ3v) is 3.20. The summed E-state index contributed by atoms with van der Waals surface area (Å²) >= 11 is 0. The van der Waals surface area contributed by atoms with Crippen LogP contribution in [-0.4, -0.2) is 60.5 Å². The first-order chi connectivity index (χ1) is 7.15. The lowest BCUT2D eigenvalue weighted by Crippen LogP contribution is -2.69. The summed E-state index contributed by atoms with van der Waals surface area (Å²) in [5.74, 6) is 0.127. The van der Waals surface area contributed by atoms with E-state index in [4.69, 9.17) is 0 Å². The lowest BCUT2D eigenvalue weighted by atomic mass is 9.90. The number of amides is 1. The average molecular weight is 227 g/mol. The molecule has 1 fully saturated rings. The topological polar surface area (TPSA) is 35.6 Å². The zero-order valence-electron chi connectivity index (χ0n) is 11.4. The Kier molecular flexibility index (Phi) is 3.65. The molecule has 0 aliphatic carbocycles. The van der Waals surface area contributed by atoms with Gasteiger partial charge in [0.2, 0.25) is 5.91 Å². The van der Waals surface area contributed by atoms with Gasteiger partial charge in [-0.25, -0.2) is 0 Å². The van der Waals surface area contributed by atoms with E-state index in [1.807, 2.05) is 13.8 Å². The summed E-state index contributed by atoms with van der Waals surface area (Å²) in [5, 5.41) is 3.07. The van der Waals surface area contributed by atoms with Gasteiger partial charge in [-0.15, -0.1) is 0 Å². The largest absolute Gasteiger partial charge is 0.348 e. The number of carbonyl (C=O) groups is 1. The standard InChI is InChI=1S/C12H25N3O/c1-11(2)9-15(8-7-14(5)6)12(3,4)10(16)13-11/h7-9H2,1-6H3,(H,13,16). The van der Waals surface area contributed by atoms with Crippen LogP contribution in [0, 0.1) is 0 Å². The number of hydrogen-bond donors (Lipinski definition) is 1. The molecule has 0 radical (unpaired) electrons. The van der Waals surface area contributed by atoms with Gasteiger partial charge in [0.25, 0.3) is 0 Å². The van der Waals surface area contributed by atoms with Crippen molar-refractivity contribution in [2.24, 2.45) is 0 Å². The summed E-state index contributed by atoms with van der Waals surface area (Å²) in [6, 6.07) is 0. The maximum Gasteiger partial charge on any atom is 0.240 e. The van der Waals surface area contributed by atoms with Crippen LogP contribution in [0.15, 0.2) is 0 Å². The molecule has 0 spiro atoms. The molecule has 1 heterocycles. The van der Waals surface area contributed by atoms with Gasteiger partial charge < -0.3 is 10.2 Å². The summed E-state index contributed by atoms with van der Waals surface area (Å²) in [6.45, 7) is 10.9. The third-order valence-electron chi connectivity index (χ3n) is 3.20. The van der Waals surface area contributed by atoms with E-state index >= 15 is 0 Å². The van der Waals surface area contributed by atoms with Gasteiger partial charge in [0, 0.05) is 25.2 Å². The minimum atomic E-state index is -0.397. The maximum absolute atomic E-state index is 12.0. The van der Waals surface area contributed by atoms with Crippen LogP contribution in [0.3, 0.4) is 0 Å². The van der Waals surface area contributed by atoms with Crippen LogP contribution in [0.1, 0.15) is 27.7 Å². The molecule has 1 N–H and O–H groups in total. The molecule has 0 aromatic heterocycles. The van der Waals surface area contributed by atoms with E-state index in [1.54, 1.807) is 0 Å². The second-order valence-electron chi connectivity index (χ2n) is 6.12. The fraction of sp³-hybridized carbons (Fsp3) is 0.917. The molecule has 4 nitrogen and oxygen atoms in total. The van der Waals surface area contributed by atoms with Crippen LogP contribution in [-0.2, 0) is 4.79 Å². The molecule has 0 bridgehead atoms. The second-order valence-corrected chi connectivity index (χ2v) is 6.12. The first-order valence-electron chi connectivity index (χ1n) is 5.87. The number of rotatable bonds is 3. The molecule has 1 aliphatic rings. The summed E-state index contributed by atoms with van der Waals surface area (Å²) < 4.78 is 0. The van der Waals surface area contributed by atoms with Crippen molar-refractivity contribution < 1.29 is 4.79 Å². The molecule has 1 rings (SSSR count). The van der Waals surface area contributed by atoms with E-state index in [-0.39, 0.29) is 11.4 Å². The minimum absolute atomic E-state index is 0.126. The van der Waals surface area contributed by atoms with Crippen LogP contribution >= 0.6 is 0 Å². The molecule has 0 aromatic rings. The second kappa shape index (κ2) is 4.34. The zero-order chi connectivity index (χ0) is 12.6. The molecular weight excluding hydrogens is 202 g/mol. The molecular formula is C12H25N3O. The Bertz CT molecular complexity index is 271. The lowest BCUT2D eigenvalue weighted by molar-refractivity contribution is -0.139. The van der Waals surface area contributed by atoms with Crippen LogP contribution in [0.25, 0.3) is 0 Å². The van der Waals surface area contributed by atoms with Gasteiger partial charge in [-0.05, 0) is 41.8 Å². The summed E-state index contributed by atoms with van der Waals surface area (Å²) in [7, 11) is 4.12. The van der Waals surface area contributed by atoms with Crippen molar-refractivity contribution in [2.45, 2.75) is 38.8 Å². The Morgan fingerprint density at radius 3 is 2.38 bits per heavy atom. The Hall–Kier alpha value is -0.610. The molecule has 1 amide bonds. The molecule has 0 atom stereocenters. The predicted molar refractivity (Wildman–Crippen MR) is 66.4 cm³/mol. The highest BCUT2D eigenvalue weighted by Gasteiger charge is 2.43. The molecule has 1 saturated heterocycles. The maximum atomic E-state index is 12.0. The van der Waals surface area contributed by atoms with Crippen molar-refractivity contribution >= 4 is 5.91 Å². The first-order valence-corrected chi connectivity index (χ1v) is 5.87. The number of nitrogens with zero attached hydrogens (tertiary/aromatic N) is 2.